The second-order valence-electron chi connectivity index (χ2n) is 9.17. The number of furan rings is 1. The summed E-state index contributed by atoms with van der Waals surface area (Å²) < 4.78 is 11.8. The molecule has 1 fully saturated rings. The third kappa shape index (κ3) is 4.39. The van der Waals surface area contributed by atoms with Gasteiger partial charge < -0.3 is 19.4 Å². The number of aromatic amines is 1. The van der Waals surface area contributed by atoms with Crippen molar-refractivity contribution < 1.29 is 9.15 Å². The van der Waals surface area contributed by atoms with Crippen LogP contribution in [0.4, 0.5) is 5.82 Å². The van der Waals surface area contributed by atoms with Crippen LogP contribution in [0.15, 0.2) is 40.9 Å². The molecule has 5 heterocycles. The number of nitrogens with zero attached hydrogens (tertiary/aromatic N) is 6. The van der Waals surface area contributed by atoms with Crippen molar-refractivity contribution >= 4 is 38.9 Å². The van der Waals surface area contributed by atoms with Gasteiger partial charge in [0.1, 0.15) is 5.52 Å². The SMILES string of the molecule is CCOCCNc1nc(-c2cccc3[nH]ncc23)nc2c1oc1nc(CN3CCN(C)CC3)ccc12. The molecule has 1 saturated heterocycles. The molecule has 1 aliphatic rings. The van der Waals surface area contributed by atoms with Gasteiger partial charge >= 0.3 is 0 Å². The van der Waals surface area contributed by atoms with Gasteiger partial charge in [0, 0.05) is 56.8 Å². The van der Waals surface area contributed by atoms with Gasteiger partial charge in [-0.15, -0.1) is 0 Å². The van der Waals surface area contributed by atoms with Crippen molar-refractivity contribution in [2.24, 2.45) is 0 Å². The lowest BCUT2D eigenvalue weighted by Gasteiger charge is -2.31. The summed E-state index contributed by atoms with van der Waals surface area (Å²) in [6.45, 7) is 8.86. The van der Waals surface area contributed by atoms with Gasteiger partial charge in [-0.2, -0.15) is 5.10 Å². The summed E-state index contributed by atoms with van der Waals surface area (Å²) in [5, 5.41) is 12.5. The normalized spacial score (nSPS) is 15.4. The number of likely N-dealkylation sites (N-methyl/N-ethyl adjacent to an activating group) is 1. The minimum Gasteiger partial charge on any atom is -0.432 e. The van der Waals surface area contributed by atoms with Gasteiger partial charge in [-0.3, -0.25) is 10.00 Å². The number of hydrogen-bond acceptors (Lipinski definition) is 9. The second kappa shape index (κ2) is 9.81. The van der Waals surface area contributed by atoms with E-state index in [4.69, 9.17) is 24.1 Å². The summed E-state index contributed by atoms with van der Waals surface area (Å²) in [4.78, 5) is 19.5. The first-order chi connectivity index (χ1) is 17.7. The topological polar surface area (TPSA) is 108 Å². The van der Waals surface area contributed by atoms with Crippen molar-refractivity contribution in [1.82, 2.24) is 34.9 Å². The van der Waals surface area contributed by atoms with E-state index in [1.165, 1.54) is 0 Å². The fraction of sp³-hybridized carbons (Fsp3) is 0.385. The van der Waals surface area contributed by atoms with Gasteiger partial charge in [-0.05, 0) is 32.2 Å². The maximum atomic E-state index is 6.27. The second-order valence-corrected chi connectivity index (χ2v) is 9.17. The fourth-order valence-electron chi connectivity index (χ4n) is 4.68. The van der Waals surface area contributed by atoms with E-state index in [0.717, 1.165) is 65.8 Å². The van der Waals surface area contributed by atoms with Crippen LogP contribution in [0, 0.1) is 0 Å². The smallest absolute Gasteiger partial charge is 0.229 e. The van der Waals surface area contributed by atoms with Gasteiger partial charge in [-0.25, -0.2) is 15.0 Å². The van der Waals surface area contributed by atoms with Crippen LogP contribution in [-0.4, -0.2) is 87.9 Å². The summed E-state index contributed by atoms with van der Waals surface area (Å²) in [7, 11) is 2.17. The lowest BCUT2D eigenvalue weighted by atomic mass is 10.1. The summed E-state index contributed by atoms with van der Waals surface area (Å²) in [5.41, 5.74) is 4.77. The van der Waals surface area contributed by atoms with Gasteiger partial charge in [0.25, 0.3) is 0 Å². The Labute approximate surface area is 208 Å². The molecular weight excluding hydrogens is 456 g/mol. The zero-order chi connectivity index (χ0) is 24.5. The van der Waals surface area contributed by atoms with Gasteiger partial charge in [0.15, 0.2) is 17.2 Å². The maximum absolute atomic E-state index is 6.27. The van der Waals surface area contributed by atoms with E-state index < -0.39 is 0 Å². The molecule has 2 N–H and O–H groups in total. The van der Waals surface area contributed by atoms with Crippen LogP contribution in [0.5, 0.6) is 0 Å². The number of benzene rings is 1. The average molecular weight is 487 g/mol. The third-order valence-electron chi connectivity index (χ3n) is 6.69. The predicted octanol–water partition coefficient (Wildman–Crippen LogP) is 3.51. The Kier molecular flexibility index (Phi) is 6.22. The van der Waals surface area contributed by atoms with Crippen LogP contribution in [0.2, 0.25) is 0 Å². The molecule has 0 radical (unpaired) electrons. The van der Waals surface area contributed by atoms with Gasteiger partial charge in [0.2, 0.25) is 5.71 Å². The molecule has 0 bridgehead atoms. The number of hydrogen-bond donors (Lipinski definition) is 2. The van der Waals surface area contributed by atoms with E-state index in [1.54, 1.807) is 6.20 Å². The Morgan fingerprint density at radius 2 is 1.94 bits per heavy atom. The molecule has 0 spiro atoms. The highest BCUT2D eigenvalue weighted by atomic mass is 16.5. The van der Waals surface area contributed by atoms with Crippen molar-refractivity contribution in [2.45, 2.75) is 13.5 Å². The van der Waals surface area contributed by atoms with Crippen LogP contribution >= 0.6 is 0 Å². The summed E-state index contributed by atoms with van der Waals surface area (Å²) in [5.74, 6) is 1.24. The molecule has 0 aliphatic carbocycles. The molecule has 1 aromatic carbocycles. The molecular formula is C26H30N8O2. The molecule has 10 nitrogen and oxygen atoms in total. The average Bonchev–Trinajstić information content (AvgIpc) is 3.52. The third-order valence-corrected chi connectivity index (χ3v) is 6.69. The zero-order valence-corrected chi connectivity index (χ0v) is 20.6. The molecule has 6 rings (SSSR count). The highest BCUT2D eigenvalue weighted by Crippen LogP contribution is 2.34. The predicted molar refractivity (Wildman–Crippen MR) is 140 cm³/mol. The highest BCUT2D eigenvalue weighted by Gasteiger charge is 2.20. The number of nitrogens with one attached hydrogen (secondary N) is 2. The van der Waals surface area contributed by atoms with E-state index in [-0.39, 0.29) is 0 Å². The first-order valence-corrected chi connectivity index (χ1v) is 12.4. The first-order valence-electron chi connectivity index (χ1n) is 12.4. The first kappa shape index (κ1) is 22.8. The molecule has 1 aliphatic heterocycles. The number of piperazine rings is 1. The number of anilines is 1. The summed E-state index contributed by atoms with van der Waals surface area (Å²) >= 11 is 0. The van der Waals surface area contributed by atoms with Gasteiger partial charge in [-0.1, -0.05) is 12.1 Å². The van der Waals surface area contributed by atoms with Crippen LogP contribution in [-0.2, 0) is 11.3 Å². The number of H-pyrrole nitrogens is 1. The minimum absolute atomic E-state index is 0.572. The monoisotopic (exact) mass is 486 g/mol. The molecule has 5 aromatic rings. The largest absolute Gasteiger partial charge is 0.432 e. The number of rotatable bonds is 8. The lowest BCUT2D eigenvalue weighted by Crippen LogP contribution is -2.43. The highest BCUT2D eigenvalue weighted by molar-refractivity contribution is 6.05. The Morgan fingerprint density at radius 3 is 2.81 bits per heavy atom. The number of aromatic nitrogens is 5. The minimum atomic E-state index is 0.572. The fourth-order valence-corrected chi connectivity index (χ4v) is 4.68. The number of pyridine rings is 1. The van der Waals surface area contributed by atoms with Crippen molar-refractivity contribution in [3.8, 4) is 11.4 Å². The standard InChI is InChI=1S/C26H30N8O2/c1-3-35-14-9-27-25-23-22(30-24(31-25)18-5-4-6-21-20(18)15-28-32-21)19-8-7-17(29-26(19)36-23)16-34-12-10-33(2)11-13-34/h4-8,15H,3,9-14,16H2,1-2H3,(H,28,32)(H,27,30,31). The molecule has 0 saturated carbocycles. The molecule has 36 heavy (non-hydrogen) atoms. The molecule has 0 amide bonds. The van der Waals surface area contributed by atoms with Crippen molar-refractivity contribution in [3.63, 3.8) is 0 Å². The molecule has 0 unspecified atom stereocenters. The van der Waals surface area contributed by atoms with E-state index >= 15 is 0 Å². The van der Waals surface area contributed by atoms with Crippen molar-refractivity contribution in [2.75, 3.05) is 58.3 Å². The van der Waals surface area contributed by atoms with Crippen molar-refractivity contribution in [1.29, 1.82) is 0 Å². The summed E-state index contributed by atoms with van der Waals surface area (Å²) in [6, 6.07) is 10.1. The number of ether oxygens (including phenoxy) is 1. The van der Waals surface area contributed by atoms with E-state index in [9.17, 15) is 0 Å². The Bertz CT molecular complexity index is 1500. The van der Waals surface area contributed by atoms with Gasteiger partial charge in [0.05, 0.1) is 29.4 Å². The molecule has 10 heteroatoms. The zero-order valence-electron chi connectivity index (χ0n) is 20.6. The van der Waals surface area contributed by atoms with Crippen LogP contribution in [0.3, 0.4) is 0 Å². The lowest BCUT2D eigenvalue weighted by molar-refractivity contribution is 0.147. The maximum Gasteiger partial charge on any atom is 0.229 e. The van der Waals surface area contributed by atoms with E-state index in [0.29, 0.717) is 42.7 Å². The van der Waals surface area contributed by atoms with Crippen LogP contribution in [0.1, 0.15) is 12.6 Å². The molecule has 4 aromatic heterocycles. The Balaban J connectivity index is 1.41. The molecule has 186 valence electrons. The Hall–Kier alpha value is -3.60. The van der Waals surface area contributed by atoms with Crippen molar-refractivity contribution in [3.05, 3.63) is 42.2 Å². The van der Waals surface area contributed by atoms with E-state index in [2.05, 4.69) is 44.5 Å². The quantitative estimate of drug-likeness (QED) is 0.319. The van der Waals surface area contributed by atoms with Crippen LogP contribution in [0.25, 0.3) is 44.5 Å². The summed E-state index contributed by atoms with van der Waals surface area (Å²) in [6.07, 6.45) is 1.81. The number of fused-ring (bicyclic) bond motifs is 4. The van der Waals surface area contributed by atoms with Crippen LogP contribution < -0.4 is 5.32 Å². The molecule has 0 atom stereocenters. The van der Waals surface area contributed by atoms with E-state index in [1.807, 2.05) is 25.1 Å². The Morgan fingerprint density at radius 1 is 1.06 bits per heavy atom.